The van der Waals surface area contributed by atoms with Crippen LogP contribution in [0, 0.1) is 0 Å². The first-order valence-electron chi connectivity index (χ1n) is 8.45. The van der Waals surface area contributed by atoms with Crippen LogP contribution in [-0.2, 0) is 13.0 Å². The van der Waals surface area contributed by atoms with Gasteiger partial charge in [0, 0.05) is 32.3 Å². The smallest absolute Gasteiger partial charge is 0.0855 e. The van der Waals surface area contributed by atoms with Crippen molar-refractivity contribution >= 4 is 0 Å². The van der Waals surface area contributed by atoms with Crippen molar-refractivity contribution in [3.63, 3.8) is 0 Å². The van der Waals surface area contributed by atoms with Gasteiger partial charge in [-0.05, 0) is 25.3 Å². The maximum atomic E-state index is 10.2. The normalized spacial score (nSPS) is 21.4. The highest BCUT2D eigenvalue weighted by molar-refractivity contribution is 5.14. The Hall–Kier alpha value is -1.72. The minimum Gasteiger partial charge on any atom is -0.390 e. The summed E-state index contributed by atoms with van der Waals surface area (Å²) in [7, 11) is 0. The molecule has 124 valence electrons. The van der Waals surface area contributed by atoms with E-state index in [9.17, 15) is 5.11 Å². The fourth-order valence-corrected chi connectivity index (χ4v) is 3.10. The van der Waals surface area contributed by atoms with Gasteiger partial charge < -0.3 is 5.11 Å². The van der Waals surface area contributed by atoms with Gasteiger partial charge in [-0.3, -0.25) is 4.90 Å². The van der Waals surface area contributed by atoms with Crippen LogP contribution >= 0.6 is 0 Å². The van der Waals surface area contributed by atoms with Gasteiger partial charge in [0.25, 0.3) is 0 Å². The number of rotatable bonds is 6. The summed E-state index contributed by atoms with van der Waals surface area (Å²) in [6.45, 7) is 6.92. The van der Waals surface area contributed by atoms with Crippen molar-refractivity contribution in [3.05, 3.63) is 47.8 Å². The third-order valence-corrected chi connectivity index (χ3v) is 4.75. The molecule has 1 saturated heterocycles. The molecule has 0 saturated carbocycles. The van der Waals surface area contributed by atoms with Gasteiger partial charge in [0.1, 0.15) is 0 Å². The molecule has 2 unspecified atom stereocenters. The third-order valence-electron chi connectivity index (χ3n) is 4.75. The number of aromatic nitrogens is 3. The molecule has 0 radical (unpaired) electrons. The zero-order chi connectivity index (χ0) is 16.3. The van der Waals surface area contributed by atoms with Gasteiger partial charge >= 0.3 is 0 Å². The number of hydrogen-bond acceptors (Lipinski definition) is 4. The maximum absolute atomic E-state index is 10.2. The predicted octanol–water partition coefficient (Wildman–Crippen LogP) is 2.43. The lowest BCUT2D eigenvalue weighted by molar-refractivity contribution is 0.0554. The fourth-order valence-electron chi connectivity index (χ4n) is 3.10. The van der Waals surface area contributed by atoms with Crippen LogP contribution in [0.4, 0.5) is 0 Å². The number of aliphatic hydroxyl groups is 1. The van der Waals surface area contributed by atoms with Gasteiger partial charge in [0.15, 0.2) is 0 Å². The van der Waals surface area contributed by atoms with Gasteiger partial charge in [-0.25, -0.2) is 4.68 Å². The highest BCUT2D eigenvalue weighted by Crippen LogP contribution is 2.23. The highest BCUT2D eigenvalue weighted by Gasteiger charge is 2.26. The summed E-state index contributed by atoms with van der Waals surface area (Å²) in [5, 5.41) is 18.7. The van der Waals surface area contributed by atoms with E-state index in [2.05, 4.69) is 45.5 Å². The summed E-state index contributed by atoms with van der Waals surface area (Å²) in [6.07, 6.45) is 4.37. The molecule has 0 amide bonds. The van der Waals surface area contributed by atoms with Crippen LogP contribution in [0.25, 0.3) is 0 Å². The highest BCUT2D eigenvalue weighted by atomic mass is 16.3. The Balaban J connectivity index is 1.58. The molecule has 3 rings (SSSR count). The minimum atomic E-state index is -0.699. The molecule has 1 N–H and O–H groups in total. The van der Waals surface area contributed by atoms with E-state index in [1.54, 1.807) is 0 Å². The van der Waals surface area contributed by atoms with E-state index in [1.165, 1.54) is 5.56 Å². The molecule has 1 aromatic carbocycles. The monoisotopic (exact) mass is 314 g/mol. The van der Waals surface area contributed by atoms with E-state index < -0.39 is 5.60 Å². The second-order valence-electron chi connectivity index (χ2n) is 6.88. The Morgan fingerprint density at radius 1 is 1.30 bits per heavy atom. The van der Waals surface area contributed by atoms with Crippen molar-refractivity contribution in [2.75, 3.05) is 13.1 Å². The molecular weight excluding hydrogens is 288 g/mol. The first-order valence-corrected chi connectivity index (χ1v) is 8.45. The van der Waals surface area contributed by atoms with Crippen LogP contribution in [0.2, 0.25) is 0 Å². The Kier molecular flexibility index (Phi) is 4.78. The summed E-state index contributed by atoms with van der Waals surface area (Å²) >= 11 is 0. The molecule has 2 atom stereocenters. The molecule has 1 aliphatic heterocycles. The number of likely N-dealkylation sites (tertiary alicyclic amines) is 1. The van der Waals surface area contributed by atoms with Crippen molar-refractivity contribution < 1.29 is 5.11 Å². The molecule has 2 heterocycles. The van der Waals surface area contributed by atoms with E-state index in [4.69, 9.17) is 0 Å². The molecule has 5 heteroatoms. The van der Waals surface area contributed by atoms with Crippen LogP contribution in [0.5, 0.6) is 0 Å². The Morgan fingerprint density at radius 3 is 2.83 bits per heavy atom. The van der Waals surface area contributed by atoms with Gasteiger partial charge in [-0.2, -0.15) is 0 Å². The van der Waals surface area contributed by atoms with Crippen molar-refractivity contribution in [1.82, 2.24) is 19.9 Å². The zero-order valence-corrected chi connectivity index (χ0v) is 14.0. The molecule has 1 fully saturated rings. The summed E-state index contributed by atoms with van der Waals surface area (Å²) in [4.78, 5) is 2.46. The largest absolute Gasteiger partial charge is 0.390 e. The lowest BCUT2D eigenvalue weighted by Gasteiger charge is -2.19. The number of hydrogen-bond donors (Lipinski definition) is 1. The summed E-state index contributed by atoms with van der Waals surface area (Å²) < 4.78 is 1.98. The second kappa shape index (κ2) is 6.81. The lowest BCUT2D eigenvalue weighted by atomic mass is 9.98. The summed E-state index contributed by atoms with van der Waals surface area (Å²) in [6, 6.07) is 11.0. The quantitative estimate of drug-likeness (QED) is 0.890. The van der Waals surface area contributed by atoms with E-state index >= 15 is 0 Å². The third kappa shape index (κ3) is 4.18. The van der Waals surface area contributed by atoms with Gasteiger partial charge in [0.2, 0.25) is 0 Å². The molecule has 23 heavy (non-hydrogen) atoms. The molecule has 5 nitrogen and oxygen atoms in total. The van der Waals surface area contributed by atoms with E-state index in [-0.39, 0.29) is 0 Å². The van der Waals surface area contributed by atoms with Crippen molar-refractivity contribution in [1.29, 1.82) is 0 Å². The van der Waals surface area contributed by atoms with Crippen LogP contribution < -0.4 is 0 Å². The molecule has 0 spiro atoms. The number of benzene rings is 1. The zero-order valence-electron chi connectivity index (χ0n) is 14.0. The van der Waals surface area contributed by atoms with Crippen molar-refractivity contribution in [2.24, 2.45) is 0 Å². The first-order chi connectivity index (χ1) is 11.1. The average Bonchev–Trinajstić information content (AvgIpc) is 3.17. The Labute approximate surface area is 137 Å². The summed E-state index contributed by atoms with van der Waals surface area (Å²) in [5.74, 6) is 0. The van der Waals surface area contributed by atoms with E-state index in [0.717, 1.165) is 31.7 Å². The summed E-state index contributed by atoms with van der Waals surface area (Å²) in [5.41, 5.74) is 1.53. The van der Waals surface area contributed by atoms with Gasteiger partial charge in [0.05, 0.1) is 17.3 Å². The van der Waals surface area contributed by atoms with E-state index in [1.807, 2.05) is 24.7 Å². The Morgan fingerprint density at radius 2 is 2.09 bits per heavy atom. The molecule has 1 aromatic heterocycles. The van der Waals surface area contributed by atoms with Gasteiger partial charge in [-0.15, -0.1) is 5.10 Å². The standard InChI is InChI=1S/C18H26N4O/c1-3-18(2,23)11-16-13-22(20-19-16)17-9-10-21(14-17)12-15-7-5-4-6-8-15/h4-8,13,17,23H,3,9-12,14H2,1-2H3. The second-order valence-corrected chi connectivity index (χ2v) is 6.88. The van der Waals surface area contributed by atoms with Crippen LogP contribution in [-0.4, -0.2) is 43.7 Å². The van der Waals surface area contributed by atoms with Crippen LogP contribution in [0.15, 0.2) is 36.5 Å². The molecule has 0 aliphatic carbocycles. The topological polar surface area (TPSA) is 54.2 Å². The van der Waals surface area contributed by atoms with Crippen molar-refractivity contribution in [2.45, 2.75) is 51.3 Å². The molecule has 0 bridgehead atoms. The predicted molar refractivity (Wildman–Crippen MR) is 90.0 cm³/mol. The minimum absolute atomic E-state index is 0.381. The van der Waals surface area contributed by atoms with Crippen LogP contribution in [0.1, 0.15) is 44.0 Å². The first kappa shape index (κ1) is 16.1. The number of nitrogens with zero attached hydrogens (tertiary/aromatic N) is 4. The fraction of sp³-hybridized carbons (Fsp3) is 0.556. The molecule has 2 aromatic rings. The van der Waals surface area contributed by atoms with Gasteiger partial charge in [-0.1, -0.05) is 42.5 Å². The molecular formula is C18H26N4O. The Bertz CT molecular complexity index is 623. The lowest BCUT2D eigenvalue weighted by Crippen LogP contribution is -2.26. The average molecular weight is 314 g/mol. The van der Waals surface area contributed by atoms with Crippen LogP contribution in [0.3, 0.4) is 0 Å². The maximum Gasteiger partial charge on any atom is 0.0855 e. The van der Waals surface area contributed by atoms with E-state index in [0.29, 0.717) is 18.9 Å². The molecule has 1 aliphatic rings. The SMILES string of the molecule is CCC(C)(O)Cc1cn(C2CCN(Cc3ccccc3)C2)nn1. The van der Waals surface area contributed by atoms with Crippen molar-refractivity contribution in [3.8, 4) is 0 Å².